The molecule has 0 unspecified atom stereocenters. The molecule has 0 spiro atoms. The van der Waals surface area contributed by atoms with Crippen LogP contribution in [0.5, 0.6) is 17.2 Å². The van der Waals surface area contributed by atoms with Gasteiger partial charge >= 0.3 is 0 Å². The molecule has 0 aromatic heterocycles. The second-order valence-corrected chi connectivity index (χ2v) is 8.35. The SMILES string of the molecule is COc1ccc(S(=O)(=O)Nc2ccc(OC)cc2C(=O)NCc2ccccc2)c(OC)c1. The van der Waals surface area contributed by atoms with E-state index >= 15 is 0 Å². The van der Waals surface area contributed by atoms with Crippen molar-refractivity contribution in [3.05, 3.63) is 77.9 Å². The van der Waals surface area contributed by atoms with Crippen LogP contribution in [0.1, 0.15) is 15.9 Å². The third-order valence-corrected chi connectivity index (χ3v) is 6.08. The first-order valence-corrected chi connectivity index (χ1v) is 11.1. The normalized spacial score (nSPS) is 10.8. The summed E-state index contributed by atoms with van der Waals surface area (Å²) in [6.07, 6.45) is 0. The summed E-state index contributed by atoms with van der Waals surface area (Å²) in [7, 11) is 0.226. The number of hydrogen-bond acceptors (Lipinski definition) is 6. The van der Waals surface area contributed by atoms with Gasteiger partial charge in [-0.2, -0.15) is 0 Å². The standard InChI is InChI=1S/C23H24N2O6S/c1-29-17-9-11-20(19(13-17)23(26)24-15-16-7-5-4-6-8-16)25-32(27,28)22-12-10-18(30-2)14-21(22)31-3/h4-14,25H,15H2,1-3H3,(H,24,26). The lowest BCUT2D eigenvalue weighted by atomic mass is 10.1. The summed E-state index contributed by atoms with van der Waals surface area (Å²) in [4.78, 5) is 12.8. The van der Waals surface area contributed by atoms with Gasteiger partial charge in [0.1, 0.15) is 22.1 Å². The number of carbonyl (C=O) groups excluding carboxylic acids is 1. The molecule has 0 saturated carbocycles. The maximum atomic E-state index is 13.1. The molecule has 32 heavy (non-hydrogen) atoms. The van der Waals surface area contributed by atoms with Crippen molar-refractivity contribution in [1.29, 1.82) is 0 Å². The van der Waals surface area contributed by atoms with Gasteiger partial charge in [0.15, 0.2) is 0 Å². The molecule has 8 nitrogen and oxygen atoms in total. The Labute approximate surface area is 187 Å². The highest BCUT2D eigenvalue weighted by atomic mass is 32.2. The Kier molecular flexibility index (Phi) is 7.21. The molecular formula is C23H24N2O6S. The van der Waals surface area contributed by atoms with Gasteiger partial charge in [0.2, 0.25) is 0 Å². The lowest BCUT2D eigenvalue weighted by Gasteiger charge is -2.16. The second-order valence-electron chi connectivity index (χ2n) is 6.70. The van der Waals surface area contributed by atoms with E-state index in [0.29, 0.717) is 11.5 Å². The third-order valence-electron chi connectivity index (χ3n) is 4.67. The van der Waals surface area contributed by atoms with Crippen molar-refractivity contribution < 1.29 is 27.4 Å². The summed E-state index contributed by atoms with van der Waals surface area (Å²) in [5.74, 6) is 0.527. The van der Waals surface area contributed by atoms with Crippen molar-refractivity contribution in [2.75, 3.05) is 26.1 Å². The van der Waals surface area contributed by atoms with E-state index in [1.807, 2.05) is 30.3 Å². The van der Waals surface area contributed by atoms with Crippen LogP contribution in [0.2, 0.25) is 0 Å². The van der Waals surface area contributed by atoms with Crippen LogP contribution in [-0.4, -0.2) is 35.7 Å². The molecular weight excluding hydrogens is 432 g/mol. The van der Waals surface area contributed by atoms with Crippen LogP contribution in [0.3, 0.4) is 0 Å². The maximum Gasteiger partial charge on any atom is 0.265 e. The summed E-state index contributed by atoms with van der Waals surface area (Å²) in [5, 5.41) is 2.80. The smallest absolute Gasteiger partial charge is 0.265 e. The van der Waals surface area contributed by atoms with Gasteiger partial charge in [-0.25, -0.2) is 8.42 Å². The molecule has 0 aliphatic heterocycles. The Bertz CT molecular complexity index is 1200. The van der Waals surface area contributed by atoms with E-state index in [1.54, 1.807) is 6.07 Å². The molecule has 2 N–H and O–H groups in total. The van der Waals surface area contributed by atoms with E-state index in [9.17, 15) is 13.2 Å². The Morgan fingerprint density at radius 2 is 1.50 bits per heavy atom. The number of rotatable bonds is 9. The van der Waals surface area contributed by atoms with Crippen LogP contribution in [0.15, 0.2) is 71.6 Å². The molecule has 0 aliphatic carbocycles. The van der Waals surface area contributed by atoms with Gasteiger partial charge in [0, 0.05) is 12.6 Å². The summed E-state index contributed by atoms with van der Waals surface area (Å²) in [6, 6.07) is 18.3. The topological polar surface area (TPSA) is 103 Å². The van der Waals surface area contributed by atoms with Gasteiger partial charge in [-0.15, -0.1) is 0 Å². The molecule has 168 valence electrons. The molecule has 3 aromatic carbocycles. The average Bonchev–Trinajstić information content (AvgIpc) is 2.82. The number of benzene rings is 3. The minimum atomic E-state index is -4.08. The third kappa shape index (κ3) is 5.30. The minimum absolute atomic E-state index is 0.0905. The van der Waals surface area contributed by atoms with Gasteiger partial charge in [-0.1, -0.05) is 30.3 Å². The van der Waals surface area contributed by atoms with Gasteiger partial charge in [0.25, 0.3) is 15.9 Å². The fraction of sp³-hybridized carbons (Fsp3) is 0.174. The van der Waals surface area contributed by atoms with E-state index in [0.717, 1.165) is 5.56 Å². The molecule has 1 amide bonds. The van der Waals surface area contributed by atoms with Crippen LogP contribution in [0.25, 0.3) is 0 Å². The highest BCUT2D eigenvalue weighted by molar-refractivity contribution is 7.92. The highest BCUT2D eigenvalue weighted by Crippen LogP contribution is 2.31. The number of ether oxygens (including phenoxy) is 3. The fourth-order valence-electron chi connectivity index (χ4n) is 3.00. The molecule has 0 aliphatic rings. The largest absolute Gasteiger partial charge is 0.497 e. The molecule has 9 heteroatoms. The monoisotopic (exact) mass is 456 g/mol. The molecule has 3 aromatic rings. The Morgan fingerprint density at radius 3 is 2.16 bits per heavy atom. The van der Waals surface area contributed by atoms with Crippen LogP contribution in [0, 0.1) is 0 Å². The van der Waals surface area contributed by atoms with Crippen molar-refractivity contribution in [3.63, 3.8) is 0 Å². The number of sulfonamides is 1. The number of amides is 1. The van der Waals surface area contributed by atoms with E-state index < -0.39 is 15.9 Å². The minimum Gasteiger partial charge on any atom is -0.497 e. The summed E-state index contributed by atoms with van der Waals surface area (Å²) >= 11 is 0. The number of methoxy groups -OCH3 is 3. The Balaban J connectivity index is 1.91. The highest BCUT2D eigenvalue weighted by Gasteiger charge is 2.23. The average molecular weight is 457 g/mol. The summed E-state index contributed by atoms with van der Waals surface area (Å²) < 4.78 is 44.2. The first-order valence-electron chi connectivity index (χ1n) is 9.63. The number of nitrogens with one attached hydrogen (secondary N) is 2. The Hall–Kier alpha value is -3.72. The molecule has 0 heterocycles. The Morgan fingerprint density at radius 1 is 0.844 bits per heavy atom. The second kappa shape index (κ2) is 10.1. The van der Waals surface area contributed by atoms with Crippen LogP contribution >= 0.6 is 0 Å². The first-order chi connectivity index (χ1) is 15.4. The lowest BCUT2D eigenvalue weighted by Crippen LogP contribution is -2.25. The van der Waals surface area contributed by atoms with E-state index in [4.69, 9.17) is 14.2 Å². The van der Waals surface area contributed by atoms with E-state index in [2.05, 4.69) is 10.0 Å². The van der Waals surface area contributed by atoms with Crippen molar-refractivity contribution in [2.24, 2.45) is 0 Å². The zero-order chi connectivity index (χ0) is 23.1. The fourth-order valence-corrected chi connectivity index (χ4v) is 4.23. The van der Waals surface area contributed by atoms with Gasteiger partial charge < -0.3 is 19.5 Å². The first kappa shape index (κ1) is 23.0. The predicted molar refractivity (Wildman–Crippen MR) is 121 cm³/mol. The molecule has 0 radical (unpaired) electrons. The number of anilines is 1. The van der Waals surface area contributed by atoms with Crippen LogP contribution in [0.4, 0.5) is 5.69 Å². The zero-order valence-electron chi connectivity index (χ0n) is 17.9. The zero-order valence-corrected chi connectivity index (χ0v) is 18.7. The van der Waals surface area contributed by atoms with Crippen molar-refractivity contribution in [3.8, 4) is 17.2 Å². The van der Waals surface area contributed by atoms with E-state index in [1.165, 1.54) is 51.7 Å². The summed E-state index contributed by atoms with van der Waals surface area (Å²) in [5.41, 5.74) is 1.14. The van der Waals surface area contributed by atoms with Crippen LogP contribution < -0.4 is 24.2 Å². The van der Waals surface area contributed by atoms with Crippen molar-refractivity contribution in [2.45, 2.75) is 11.4 Å². The van der Waals surface area contributed by atoms with Crippen LogP contribution in [-0.2, 0) is 16.6 Å². The number of hydrogen-bond donors (Lipinski definition) is 2. The molecule has 0 bridgehead atoms. The summed E-state index contributed by atoms with van der Waals surface area (Å²) in [6.45, 7) is 0.287. The molecule has 0 saturated heterocycles. The molecule has 0 fully saturated rings. The van der Waals surface area contributed by atoms with E-state index in [-0.39, 0.29) is 28.4 Å². The van der Waals surface area contributed by atoms with Gasteiger partial charge in [-0.05, 0) is 35.9 Å². The van der Waals surface area contributed by atoms with Gasteiger partial charge in [-0.3, -0.25) is 9.52 Å². The van der Waals surface area contributed by atoms with Crippen molar-refractivity contribution in [1.82, 2.24) is 5.32 Å². The molecule has 0 atom stereocenters. The number of carbonyl (C=O) groups is 1. The lowest BCUT2D eigenvalue weighted by molar-refractivity contribution is 0.0951. The van der Waals surface area contributed by atoms with Gasteiger partial charge in [0.05, 0.1) is 32.6 Å². The quantitative estimate of drug-likeness (QED) is 0.511. The molecule has 3 rings (SSSR count). The maximum absolute atomic E-state index is 13.1. The van der Waals surface area contributed by atoms with Crippen molar-refractivity contribution >= 4 is 21.6 Å². The predicted octanol–water partition coefficient (Wildman–Crippen LogP) is 3.44.